The molecule has 3 aliphatic heterocycles. The van der Waals surface area contributed by atoms with E-state index in [-0.39, 0.29) is 23.8 Å². The molecule has 3 aromatic rings. The van der Waals surface area contributed by atoms with Crippen molar-refractivity contribution in [2.75, 3.05) is 25.6 Å². The first-order valence-electron chi connectivity index (χ1n) is 14.2. The van der Waals surface area contributed by atoms with Gasteiger partial charge in [0, 0.05) is 18.3 Å². The number of aromatic nitrogens is 3. The van der Waals surface area contributed by atoms with E-state index in [4.69, 9.17) is 14.2 Å². The lowest BCUT2D eigenvalue weighted by Gasteiger charge is -2.34. The van der Waals surface area contributed by atoms with Crippen molar-refractivity contribution in [1.29, 1.82) is 0 Å². The van der Waals surface area contributed by atoms with E-state index in [1.807, 2.05) is 53.8 Å². The topological polar surface area (TPSA) is 152 Å². The van der Waals surface area contributed by atoms with E-state index < -0.39 is 30.8 Å². The van der Waals surface area contributed by atoms with E-state index in [1.54, 1.807) is 24.7 Å². The van der Waals surface area contributed by atoms with E-state index in [0.29, 0.717) is 43.9 Å². The number of nitrogens with zero attached hydrogens (tertiary/aromatic N) is 4. The smallest absolute Gasteiger partial charge is 0.337 e. The van der Waals surface area contributed by atoms with Crippen LogP contribution < -0.4 is 16.0 Å². The molecule has 0 aliphatic carbocycles. The second-order valence-electron chi connectivity index (χ2n) is 10.6. The molecule has 42 heavy (non-hydrogen) atoms. The number of aryl methyl sites for hydroxylation is 1. The molecule has 5 unspecified atom stereocenters. The second kappa shape index (κ2) is 12.1. The number of hydrogen-bond acceptors (Lipinski definition) is 9. The van der Waals surface area contributed by atoms with Crippen molar-refractivity contribution >= 4 is 17.8 Å². The highest BCUT2D eigenvalue weighted by atomic mass is 16.8. The van der Waals surface area contributed by atoms with E-state index in [2.05, 4.69) is 25.9 Å². The molecular weight excluding hydrogens is 542 g/mol. The molecule has 6 atom stereocenters. The number of rotatable bonds is 9. The van der Waals surface area contributed by atoms with Gasteiger partial charge >= 0.3 is 12.0 Å². The van der Waals surface area contributed by atoms with Crippen LogP contribution in [0.3, 0.4) is 0 Å². The van der Waals surface area contributed by atoms with Gasteiger partial charge in [-0.3, -0.25) is 14.5 Å². The second-order valence-corrected chi connectivity index (χ2v) is 10.6. The third-order valence-corrected chi connectivity index (χ3v) is 7.84. The fourth-order valence-electron chi connectivity index (χ4n) is 5.83. The van der Waals surface area contributed by atoms with E-state index in [9.17, 15) is 14.7 Å². The number of fused-ring (bicyclic) bond motifs is 2. The number of carboxylic acid groups (broad SMARTS) is 1. The number of ether oxygens (including phenoxy) is 3. The number of imidazole rings is 1. The zero-order valence-corrected chi connectivity index (χ0v) is 23.5. The van der Waals surface area contributed by atoms with Crippen molar-refractivity contribution in [3.8, 4) is 0 Å². The predicted octanol–water partition coefficient (Wildman–Crippen LogP) is 3.01. The van der Waals surface area contributed by atoms with Gasteiger partial charge in [-0.1, -0.05) is 30.3 Å². The maximum Gasteiger partial charge on any atom is 0.337 e. The maximum atomic E-state index is 12.4. The number of anilines is 1. The van der Waals surface area contributed by atoms with E-state index in [0.717, 1.165) is 11.4 Å². The standard InChI is InChI=1S/C29H35N7O6/c1-3-30-29(39)34-25-21-24(33-15-35(25)2)36(16-32-21)26-23-22(41-28(42-23)17-9-5-4-6-10-17)20(40-26)13-7-12-19-18(27(37)38)11-8-14-31-19/h4-6,8-11,14,16,20,22-23,25-26,28,33H,3,7,12-13,15H2,1-2H3,(H,37,38)(H2,30,34,39)/t20?,22?,23?,25?,26?,28-/m0/s1. The van der Waals surface area contributed by atoms with Crippen LogP contribution in [-0.4, -0.2) is 75.1 Å². The summed E-state index contributed by atoms with van der Waals surface area (Å²) < 4.78 is 21.5. The summed E-state index contributed by atoms with van der Waals surface area (Å²) in [7, 11) is 1.90. The largest absolute Gasteiger partial charge is 0.478 e. The minimum Gasteiger partial charge on any atom is -0.478 e. The zero-order valence-electron chi connectivity index (χ0n) is 23.5. The Hall–Kier alpha value is -4.04. The fraction of sp³-hybridized carbons (Fsp3) is 0.448. The first-order valence-corrected chi connectivity index (χ1v) is 14.2. The predicted molar refractivity (Wildman–Crippen MR) is 150 cm³/mol. The third kappa shape index (κ3) is 5.43. The molecule has 13 nitrogen and oxygen atoms in total. The highest BCUT2D eigenvalue weighted by Gasteiger charge is 2.54. The summed E-state index contributed by atoms with van der Waals surface area (Å²) in [4.78, 5) is 34.9. The number of aromatic carboxylic acids is 1. The molecule has 3 aliphatic rings. The van der Waals surface area contributed by atoms with Crippen molar-refractivity contribution in [2.45, 2.75) is 63.2 Å². The van der Waals surface area contributed by atoms with Crippen molar-refractivity contribution < 1.29 is 28.9 Å². The van der Waals surface area contributed by atoms with E-state index >= 15 is 0 Å². The Balaban J connectivity index is 1.24. The van der Waals surface area contributed by atoms with Crippen LogP contribution >= 0.6 is 0 Å². The number of amides is 2. The lowest BCUT2D eigenvalue weighted by molar-refractivity contribution is -0.148. The van der Waals surface area contributed by atoms with Crippen molar-refractivity contribution in [3.63, 3.8) is 0 Å². The monoisotopic (exact) mass is 577 g/mol. The number of hydrogen-bond donors (Lipinski definition) is 4. The zero-order chi connectivity index (χ0) is 29.2. The Morgan fingerprint density at radius 2 is 1.90 bits per heavy atom. The van der Waals surface area contributed by atoms with Gasteiger partial charge in [0.25, 0.3) is 0 Å². The number of benzene rings is 1. The first kappa shape index (κ1) is 28.1. The number of carboxylic acids is 1. The molecule has 6 rings (SSSR count). The van der Waals surface area contributed by atoms with Crippen LogP contribution in [0, 0.1) is 0 Å². The minimum atomic E-state index is -0.989. The Bertz CT molecular complexity index is 1420. The molecule has 2 fully saturated rings. The van der Waals surface area contributed by atoms with Crippen molar-refractivity contribution in [1.82, 2.24) is 30.1 Å². The highest BCUT2D eigenvalue weighted by molar-refractivity contribution is 5.88. The number of carbonyl (C=O) groups is 2. The third-order valence-electron chi connectivity index (χ3n) is 7.84. The lowest BCUT2D eigenvalue weighted by Crippen LogP contribution is -2.48. The van der Waals surface area contributed by atoms with Crippen LogP contribution in [0.25, 0.3) is 0 Å². The Morgan fingerprint density at radius 1 is 1.10 bits per heavy atom. The van der Waals surface area contributed by atoms with Crippen molar-refractivity contribution in [2.24, 2.45) is 0 Å². The van der Waals surface area contributed by atoms with Gasteiger partial charge in [0.2, 0.25) is 0 Å². The van der Waals surface area contributed by atoms with Crippen LogP contribution in [0.4, 0.5) is 10.6 Å². The number of pyridine rings is 1. The average molecular weight is 578 g/mol. The van der Waals surface area contributed by atoms with Crippen molar-refractivity contribution in [3.05, 3.63) is 77.5 Å². The van der Waals surface area contributed by atoms with Gasteiger partial charge in [-0.2, -0.15) is 0 Å². The van der Waals surface area contributed by atoms with E-state index in [1.165, 1.54) is 0 Å². The molecule has 1 aromatic carbocycles. The minimum absolute atomic E-state index is 0.210. The summed E-state index contributed by atoms with van der Waals surface area (Å²) in [6, 6.07) is 12.7. The number of carbonyl (C=O) groups excluding carboxylic acids is 1. The average Bonchev–Trinajstić information content (AvgIpc) is 3.70. The molecule has 0 radical (unpaired) electrons. The molecule has 2 amide bonds. The number of nitrogens with one attached hydrogen (secondary N) is 3. The highest BCUT2D eigenvalue weighted by Crippen LogP contribution is 2.47. The van der Waals surface area contributed by atoms with Crippen LogP contribution in [0.2, 0.25) is 0 Å². The Labute approximate surface area is 243 Å². The molecule has 0 bridgehead atoms. The normalized spacial score (nSPS) is 26.7. The summed E-state index contributed by atoms with van der Waals surface area (Å²) >= 11 is 0. The van der Waals surface area contributed by atoms with Gasteiger partial charge in [0.05, 0.1) is 30.4 Å². The van der Waals surface area contributed by atoms with Crippen LogP contribution in [-0.2, 0) is 20.6 Å². The molecule has 4 N–H and O–H groups in total. The lowest BCUT2D eigenvalue weighted by atomic mass is 10.0. The quantitative estimate of drug-likeness (QED) is 0.299. The Kier molecular flexibility index (Phi) is 8.07. The van der Waals surface area contributed by atoms with Crippen LogP contribution in [0.1, 0.15) is 65.8 Å². The summed E-state index contributed by atoms with van der Waals surface area (Å²) in [6.07, 6.45) is 2.50. The Morgan fingerprint density at radius 3 is 2.69 bits per heavy atom. The summed E-state index contributed by atoms with van der Waals surface area (Å²) in [5.41, 5.74) is 2.35. The number of urea groups is 1. The van der Waals surface area contributed by atoms with Gasteiger partial charge in [-0.25, -0.2) is 14.6 Å². The van der Waals surface area contributed by atoms with Gasteiger partial charge in [-0.15, -0.1) is 0 Å². The summed E-state index contributed by atoms with van der Waals surface area (Å²) in [6.45, 7) is 2.87. The SMILES string of the molecule is CCNC(=O)NC1c2ncn(C3OC(CCCc4ncccc4C(=O)O)C4O[C@H](c5ccccc5)OC43)c2NCN1C. The molecule has 5 heterocycles. The summed E-state index contributed by atoms with van der Waals surface area (Å²) in [5.74, 6) is -0.248. The molecule has 2 aromatic heterocycles. The van der Waals surface area contributed by atoms with Crippen LogP contribution in [0.15, 0.2) is 55.0 Å². The molecule has 222 valence electrons. The van der Waals surface area contributed by atoms with Crippen LogP contribution in [0.5, 0.6) is 0 Å². The van der Waals surface area contributed by atoms with Gasteiger partial charge < -0.3 is 35.3 Å². The molecule has 2 saturated heterocycles. The molecule has 0 spiro atoms. The maximum absolute atomic E-state index is 12.4. The fourth-order valence-corrected chi connectivity index (χ4v) is 5.83. The first-order chi connectivity index (χ1) is 20.4. The summed E-state index contributed by atoms with van der Waals surface area (Å²) in [5, 5.41) is 18.7. The molecule has 13 heteroatoms. The molecule has 0 saturated carbocycles. The van der Waals surface area contributed by atoms with Gasteiger partial charge in [0.15, 0.2) is 12.5 Å². The van der Waals surface area contributed by atoms with Gasteiger partial charge in [-0.05, 0) is 45.4 Å². The molecular formula is C29H35N7O6. The van der Waals surface area contributed by atoms with Gasteiger partial charge in [0.1, 0.15) is 29.9 Å².